The van der Waals surface area contributed by atoms with Gasteiger partial charge in [-0.2, -0.15) is 0 Å². The van der Waals surface area contributed by atoms with Gasteiger partial charge in [-0.1, -0.05) is 56.9 Å². The highest BCUT2D eigenvalue weighted by Crippen LogP contribution is 2.37. The standard InChI is InChI=1S/C24H42O5/c1-4-5-12-16-24(2,28)17-15-20-19(21(25)18-22(20)26)13-10-8-6-7-9-11-14-23(27)29-3/h8,10,15,17,19-22,25-26,28H,4-7,9,11-14,16,18H2,1-3H3. The summed E-state index contributed by atoms with van der Waals surface area (Å²) >= 11 is 0. The van der Waals surface area contributed by atoms with E-state index in [4.69, 9.17) is 0 Å². The summed E-state index contributed by atoms with van der Waals surface area (Å²) in [6.07, 6.45) is 16.1. The largest absolute Gasteiger partial charge is 0.469 e. The average Bonchev–Trinajstić information content (AvgIpc) is 2.94. The number of unbranched alkanes of at least 4 members (excludes halogenated alkanes) is 5. The van der Waals surface area contributed by atoms with Crippen molar-refractivity contribution in [2.75, 3.05) is 7.11 Å². The van der Waals surface area contributed by atoms with Gasteiger partial charge < -0.3 is 20.1 Å². The van der Waals surface area contributed by atoms with Crippen molar-refractivity contribution in [3.63, 3.8) is 0 Å². The second kappa shape index (κ2) is 13.9. The molecule has 0 saturated heterocycles. The number of ether oxygens (including phenoxy) is 1. The molecule has 1 rings (SSSR count). The average molecular weight is 411 g/mol. The molecule has 0 amide bonds. The lowest BCUT2D eigenvalue weighted by Crippen LogP contribution is -2.24. The molecule has 0 aromatic carbocycles. The van der Waals surface area contributed by atoms with Crippen LogP contribution in [0.5, 0.6) is 0 Å². The third-order valence-corrected chi connectivity index (χ3v) is 5.93. The Morgan fingerprint density at radius 3 is 2.55 bits per heavy atom. The van der Waals surface area contributed by atoms with Gasteiger partial charge in [0.1, 0.15) is 0 Å². The van der Waals surface area contributed by atoms with Crippen molar-refractivity contribution in [2.45, 2.75) is 102 Å². The highest BCUT2D eigenvalue weighted by molar-refractivity contribution is 5.68. The third-order valence-electron chi connectivity index (χ3n) is 5.93. The summed E-state index contributed by atoms with van der Waals surface area (Å²) in [5, 5.41) is 31.2. The second-order valence-corrected chi connectivity index (χ2v) is 8.67. The number of aliphatic hydroxyl groups excluding tert-OH is 2. The molecule has 0 radical (unpaired) electrons. The molecule has 0 aliphatic heterocycles. The number of aliphatic hydroxyl groups is 3. The minimum absolute atomic E-state index is 0.0248. The zero-order chi connectivity index (χ0) is 21.7. The van der Waals surface area contributed by atoms with E-state index in [1.807, 2.05) is 19.1 Å². The van der Waals surface area contributed by atoms with E-state index in [2.05, 4.69) is 23.8 Å². The van der Waals surface area contributed by atoms with Gasteiger partial charge in [0.15, 0.2) is 0 Å². The summed E-state index contributed by atoms with van der Waals surface area (Å²) in [7, 11) is 1.41. The molecular weight excluding hydrogens is 368 g/mol. The summed E-state index contributed by atoms with van der Waals surface area (Å²) in [4.78, 5) is 11.1. The van der Waals surface area contributed by atoms with Crippen LogP contribution in [-0.4, -0.2) is 46.2 Å². The Hall–Kier alpha value is -1.17. The van der Waals surface area contributed by atoms with E-state index in [1.54, 1.807) is 0 Å². The molecule has 0 aromatic heterocycles. The van der Waals surface area contributed by atoms with Crippen LogP contribution < -0.4 is 0 Å². The Balaban J connectivity index is 2.43. The molecule has 0 heterocycles. The zero-order valence-corrected chi connectivity index (χ0v) is 18.6. The lowest BCUT2D eigenvalue weighted by molar-refractivity contribution is -0.140. The molecule has 1 saturated carbocycles. The molecule has 1 aliphatic rings. The van der Waals surface area contributed by atoms with Gasteiger partial charge in [0, 0.05) is 18.8 Å². The fourth-order valence-electron chi connectivity index (χ4n) is 4.02. The van der Waals surface area contributed by atoms with Crippen molar-refractivity contribution in [2.24, 2.45) is 11.8 Å². The minimum Gasteiger partial charge on any atom is -0.469 e. The Morgan fingerprint density at radius 1 is 1.10 bits per heavy atom. The van der Waals surface area contributed by atoms with E-state index < -0.39 is 17.8 Å². The topological polar surface area (TPSA) is 87.0 Å². The Morgan fingerprint density at radius 2 is 1.86 bits per heavy atom. The normalized spacial score (nSPS) is 27.0. The fraction of sp³-hybridized carbons (Fsp3) is 0.792. The van der Waals surface area contributed by atoms with Crippen LogP contribution >= 0.6 is 0 Å². The monoisotopic (exact) mass is 410 g/mol. The lowest BCUT2D eigenvalue weighted by Gasteiger charge is -2.23. The van der Waals surface area contributed by atoms with Crippen LogP contribution in [0.2, 0.25) is 0 Å². The maximum Gasteiger partial charge on any atom is 0.305 e. The van der Waals surface area contributed by atoms with Crippen molar-refractivity contribution in [3.05, 3.63) is 24.3 Å². The number of hydrogen-bond donors (Lipinski definition) is 3. The smallest absolute Gasteiger partial charge is 0.305 e. The maximum absolute atomic E-state index is 11.1. The van der Waals surface area contributed by atoms with Crippen molar-refractivity contribution < 1.29 is 24.9 Å². The Bertz CT molecular complexity index is 511. The second-order valence-electron chi connectivity index (χ2n) is 8.67. The summed E-state index contributed by atoms with van der Waals surface area (Å²) in [6, 6.07) is 0. The number of methoxy groups -OCH3 is 1. The van der Waals surface area contributed by atoms with Crippen LogP contribution in [0.1, 0.15) is 84.5 Å². The summed E-state index contributed by atoms with van der Waals surface area (Å²) in [5.41, 5.74) is -0.868. The van der Waals surface area contributed by atoms with Gasteiger partial charge in [0.25, 0.3) is 0 Å². The van der Waals surface area contributed by atoms with Crippen LogP contribution in [0.25, 0.3) is 0 Å². The molecule has 168 valence electrons. The summed E-state index contributed by atoms with van der Waals surface area (Å²) < 4.78 is 4.63. The summed E-state index contributed by atoms with van der Waals surface area (Å²) in [5.74, 6) is -0.312. The molecule has 1 fully saturated rings. The molecule has 5 unspecified atom stereocenters. The number of rotatable bonds is 14. The van der Waals surface area contributed by atoms with E-state index in [9.17, 15) is 20.1 Å². The van der Waals surface area contributed by atoms with Crippen molar-refractivity contribution in [1.82, 2.24) is 0 Å². The first-order chi connectivity index (χ1) is 13.8. The molecule has 1 aliphatic carbocycles. The molecule has 3 N–H and O–H groups in total. The minimum atomic E-state index is -0.868. The van der Waals surface area contributed by atoms with E-state index in [0.29, 0.717) is 25.7 Å². The number of allylic oxidation sites excluding steroid dienone is 2. The molecule has 29 heavy (non-hydrogen) atoms. The van der Waals surface area contributed by atoms with Crippen LogP contribution in [-0.2, 0) is 9.53 Å². The first-order valence-electron chi connectivity index (χ1n) is 11.3. The molecular formula is C24H42O5. The molecule has 0 bridgehead atoms. The molecule has 5 nitrogen and oxygen atoms in total. The SMILES string of the molecule is CCCCCC(C)(O)C=CC1C(O)CC(O)C1CC=CCCCCCC(=O)OC. The third kappa shape index (κ3) is 10.4. The first kappa shape index (κ1) is 25.9. The number of carbonyl (C=O) groups excluding carboxylic acids is 1. The quantitative estimate of drug-likeness (QED) is 0.226. The van der Waals surface area contributed by atoms with Crippen molar-refractivity contribution in [3.8, 4) is 0 Å². The van der Waals surface area contributed by atoms with Crippen molar-refractivity contribution >= 4 is 5.97 Å². The summed E-state index contributed by atoms with van der Waals surface area (Å²) in [6.45, 7) is 3.95. The van der Waals surface area contributed by atoms with E-state index in [-0.39, 0.29) is 17.8 Å². The molecule has 0 aromatic rings. The van der Waals surface area contributed by atoms with Crippen molar-refractivity contribution in [1.29, 1.82) is 0 Å². The number of esters is 1. The van der Waals surface area contributed by atoms with Gasteiger partial charge >= 0.3 is 5.97 Å². The van der Waals surface area contributed by atoms with Gasteiger partial charge in [-0.15, -0.1) is 0 Å². The zero-order valence-electron chi connectivity index (χ0n) is 18.6. The highest BCUT2D eigenvalue weighted by Gasteiger charge is 2.39. The predicted molar refractivity (Wildman–Crippen MR) is 116 cm³/mol. The molecule has 5 atom stereocenters. The van der Waals surface area contributed by atoms with Gasteiger partial charge in [0.05, 0.1) is 24.9 Å². The van der Waals surface area contributed by atoms with Gasteiger partial charge in [-0.05, 0) is 44.9 Å². The van der Waals surface area contributed by atoms with E-state index >= 15 is 0 Å². The van der Waals surface area contributed by atoms with Crippen LogP contribution in [0.3, 0.4) is 0 Å². The maximum atomic E-state index is 11.1. The Labute approximate surface area is 176 Å². The van der Waals surface area contributed by atoms with Gasteiger partial charge in [-0.3, -0.25) is 4.79 Å². The van der Waals surface area contributed by atoms with Crippen LogP contribution in [0.15, 0.2) is 24.3 Å². The fourth-order valence-corrected chi connectivity index (χ4v) is 4.02. The van der Waals surface area contributed by atoms with Gasteiger partial charge in [0.2, 0.25) is 0 Å². The van der Waals surface area contributed by atoms with E-state index in [1.165, 1.54) is 7.11 Å². The number of carbonyl (C=O) groups is 1. The Kier molecular flexibility index (Phi) is 12.4. The molecule has 0 spiro atoms. The number of hydrogen-bond acceptors (Lipinski definition) is 5. The predicted octanol–water partition coefficient (Wildman–Crippen LogP) is 4.30. The van der Waals surface area contributed by atoms with Crippen LogP contribution in [0.4, 0.5) is 0 Å². The molecule has 5 heteroatoms. The first-order valence-corrected chi connectivity index (χ1v) is 11.3. The lowest BCUT2D eigenvalue weighted by atomic mass is 9.88. The van der Waals surface area contributed by atoms with E-state index in [0.717, 1.165) is 44.9 Å². The van der Waals surface area contributed by atoms with Crippen LogP contribution in [0, 0.1) is 11.8 Å². The highest BCUT2D eigenvalue weighted by atomic mass is 16.5. The van der Waals surface area contributed by atoms with Gasteiger partial charge in [-0.25, -0.2) is 0 Å².